The van der Waals surface area contributed by atoms with Gasteiger partial charge in [-0.3, -0.25) is 4.79 Å². The lowest BCUT2D eigenvalue weighted by Crippen LogP contribution is -2.45. The molecule has 0 radical (unpaired) electrons. The fraction of sp³-hybridized carbons (Fsp3) is 0.632. The summed E-state index contributed by atoms with van der Waals surface area (Å²) in [4.78, 5) is 14.6. The summed E-state index contributed by atoms with van der Waals surface area (Å²) in [5.74, 6) is 0.474. The predicted molar refractivity (Wildman–Crippen MR) is 90.8 cm³/mol. The molecule has 0 bridgehead atoms. The smallest absolute Gasteiger partial charge is 0.225 e. The molecular weight excluding hydrogens is 288 g/mol. The van der Waals surface area contributed by atoms with Gasteiger partial charge < -0.3 is 15.4 Å². The predicted octanol–water partition coefficient (Wildman–Crippen LogP) is 2.71. The zero-order chi connectivity index (χ0) is 16.1. The van der Waals surface area contributed by atoms with Crippen LogP contribution in [0.15, 0.2) is 30.3 Å². The van der Waals surface area contributed by atoms with E-state index in [-0.39, 0.29) is 18.1 Å². The molecule has 4 nitrogen and oxygen atoms in total. The van der Waals surface area contributed by atoms with E-state index >= 15 is 0 Å². The van der Waals surface area contributed by atoms with Crippen molar-refractivity contribution in [3.05, 3.63) is 35.9 Å². The van der Waals surface area contributed by atoms with Gasteiger partial charge in [0.05, 0.1) is 12.7 Å². The van der Waals surface area contributed by atoms with Crippen molar-refractivity contribution in [2.24, 2.45) is 11.7 Å². The van der Waals surface area contributed by atoms with Crippen molar-refractivity contribution in [3.63, 3.8) is 0 Å². The maximum atomic E-state index is 12.6. The topological polar surface area (TPSA) is 55.6 Å². The van der Waals surface area contributed by atoms with Crippen LogP contribution in [0.5, 0.6) is 0 Å². The molecular formula is C19H28N2O2. The third-order valence-corrected chi connectivity index (χ3v) is 5.15. The van der Waals surface area contributed by atoms with Gasteiger partial charge in [-0.1, -0.05) is 36.8 Å². The Morgan fingerprint density at radius 3 is 2.57 bits per heavy atom. The zero-order valence-electron chi connectivity index (χ0n) is 13.8. The lowest BCUT2D eigenvalue weighted by molar-refractivity contribution is -0.139. The minimum absolute atomic E-state index is 0.153. The highest BCUT2D eigenvalue weighted by Gasteiger charge is 2.31. The highest BCUT2D eigenvalue weighted by molar-refractivity contribution is 5.79. The second-order valence-corrected chi connectivity index (χ2v) is 6.94. The second-order valence-electron chi connectivity index (χ2n) is 6.94. The Hall–Kier alpha value is -1.39. The molecule has 2 aliphatic rings. The van der Waals surface area contributed by atoms with E-state index in [1.54, 1.807) is 0 Å². The lowest BCUT2D eigenvalue weighted by atomic mass is 9.85. The highest BCUT2D eigenvalue weighted by Crippen LogP contribution is 2.26. The molecule has 1 heterocycles. The summed E-state index contributed by atoms with van der Waals surface area (Å²) in [6.07, 6.45) is 6.19. The quantitative estimate of drug-likeness (QED) is 0.929. The lowest BCUT2D eigenvalue weighted by Gasteiger charge is -2.36. The molecule has 0 spiro atoms. The number of nitrogens with zero attached hydrogens (tertiary/aromatic N) is 1. The molecule has 1 amide bonds. The summed E-state index contributed by atoms with van der Waals surface area (Å²) in [6, 6.07) is 10.5. The van der Waals surface area contributed by atoms with Gasteiger partial charge in [0.1, 0.15) is 0 Å². The second kappa shape index (κ2) is 7.93. The van der Waals surface area contributed by atoms with Crippen LogP contribution < -0.4 is 5.73 Å². The van der Waals surface area contributed by atoms with Crippen molar-refractivity contribution in [3.8, 4) is 0 Å². The van der Waals surface area contributed by atoms with Gasteiger partial charge in [-0.25, -0.2) is 0 Å². The fourth-order valence-electron chi connectivity index (χ4n) is 3.74. The van der Waals surface area contributed by atoms with E-state index in [9.17, 15) is 4.79 Å². The molecule has 1 aromatic rings. The van der Waals surface area contributed by atoms with E-state index in [0.29, 0.717) is 12.5 Å². The number of piperidine rings is 1. The summed E-state index contributed by atoms with van der Waals surface area (Å²) in [5, 5.41) is 0. The Labute approximate surface area is 139 Å². The number of likely N-dealkylation sites (tertiary alicyclic amines) is 1. The fourth-order valence-corrected chi connectivity index (χ4v) is 3.74. The van der Waals surface area contributed by atoms with Crippen molar-refractivity contribution in [2.75, 3.05) is 13.1 Å². The van der Waals surface area contributed by atoms with E-state index in [1.165, 1.54) is 5.56 Å². The maximum Gasteiger partial charge on any atom is 0.225 e. The van der Waals surface area contributed by atoms with Gasteiger partial charge in [-0.15, -0.1) is 0 Å². The first-order valence-electron chi connectivity index (χ1n) is 8.92. The number of amides is 1. The van der Waals surface area contributed by atoms with Crippen LogP contribution in [0.3, 0.4) is 0 Å². The number of benzene rings is 1. The Morgan fingerprint density at radius 2 is 1.87 bits per heavy atom. The molecule has 0 aromatic heterocycles. The Kier molecular flexibility index (Phi) is 5.68. The van der Waals surface area contributed by atoms with Gasteiger partial charge in [0.2, 0.25) is 5.91 Å². The van der Waals surface area contributed by atoms with Crippen LogP contribution in [0.2, 0.25) is 0 Å². The molecule has 1 saturated heterocycles. The van der Waals surface area contributed by atoms with Crippen LogP contribution in [0.1, 0.15) is 44.1 Å². The number of hydrogen-bond donors (Lipinski definition) is 1. The van der Waals surface area contributed by atoms with E-state index in [2.05, 4.69) is 12.1 Å². The molecule has 1 aliphatic carbocycles. The Morgan fingerprint density at radius 1 is 1.13 bits per heavy atom. The molecule has 23 heavy (non-hydrogen) atoms. The number of hydrogen-bond acceptors (Lipinski definition) is 3. The number of carbonyl (C=O) groups excluding carboxylic acids is 1. The number of nitrogens with two attached hydrogens (primary N) is 1. The first-order chi connectivity index (χ1) is 11.2. The van der Waals surface area contributed by atoms with E-state index in [4.69, 9.17) is 10.5 Å². The summed E-state index contributed by atoms with van der Waals surface area (Å²) in [7, 11) is 0. The van der Waals surface area contributed by atoms with Gasteiger partial charge in [-0.2, -0.15) is 0 Å². The van der Waals surface area contributed by atoms with Crippen LogP contribution in [0, 0.1) is 5.92 Å². The first-order valence-corrected chi connectivity index (χ1v) is 8.92. The van der Waals surface area contributed by atoms with Gasteiger partial charge in [0, 0.05) is 25.0 Å². The van der Waals surface area contributed by atoms with Crippen LogP contribution in [0.4, 0.5) is 0 Å². The van der Waals surface area contributed by atoms with Crippen molar-refractivity contribution in [1.82, 2.24) is 4.90 Å². The molecule has 2 atom stereocenters. The van der Waals surface area contributed by atoms with Gasteiger partial charge in [0.15, 0.2) is 0 Å². The molecule has 2 unspecified atom stereocenters. The molecule has 2 N–H and O–H groups in total. The molecule has 3 rings (SSSR count). The monoisotopic (exact) mass is 316 g/mol. The zero-order valence-corrected chi connectivity index (χ0v) is 13.8. The molecule has 1 saturated carbocycles. The van der Waals surface area contributed by atoms with Crippen molar-refractivity contribution in [1.29, 1.82) is 0 Å². The number of carbonyl (C=O) groups is 1. The minimum atomic E-state index is 0.153. The van der Waals surface area contributed by atoms with Crippen LogP contribution in [-0.4, -0.2) is 36.0 Å². The van der Waals surface area contributed by atoms with Gasteiger partial charge in [-0.05, 0) is 37.7 Å². The molecule has 1 aromatic carbocycles. The molecule has 4 heteroatoms. The van der Waals surface area contributed by atoms with Gasteiger partial charge >= 0.3 is 0 Å². The molecule has 1 aliphatic heterocycles. The summed E-state index contributed by atoms with van der Waals surface area (Å²) < 4.78 is 6.00. The molecule has 126 valence electrons. The summed E-state index contributed by atoms with van der Waals surface area (Å²) in [6.45, 7) is 2.31. The molecule has 2 fully saturated rings. The normalized spacial score (nSPS) is 26.2. The highest BCUT2D eigenvalue weighted by atomic mass is 16.5. The Bertz CT molecular complexity index is 497. The summed E-state index contributed by atoms with van der Waals surface area (Å²) in [5.41, 5.74) is 7.23. The van der Waals surface area contributed by atoms with Gasteiger partial charge in [0.25, 0.3) is 0 Å². The minimum Gasteiger partial charge on any atom is -0.373 e. The Balaban J connectivity index is 1.42. The third-order valence-electron chi connectivity index (χ3n) is 5.15. The first kappa shape index (κ1) is 16.5. The maximum absolute atomic E-state index is 12.6. The standard InChI is InChI=1S/C19H28N2O2/c20-17-8-4-7-16(13-17)19(22)21-11-9-18(10-12-21)23-14-15-5-2-1-3-6-15/h1-3,5-6,16-18H,4,7-14,20H2. The van der Waals surface area contributed by atoms with Crippen molar-refractivity contribution >= 4 is 5.91 Å². The number of rotatable bonds is 4. The van der Waals surface area contributed by atoms with E-state index in [0.717, 1.165) is 51.6 Å². The summed E-state index contributed by atoms with van der Waals surface area (Å²) >= 11 is 0. The van der Waals surface area contributed by atoms with Crippen LogP contribution >= 0.6 is 0 Å². The van der Waals surface area contributed by atoms with Crippen molar-refractivity contribution < 1.29 is 9.53 Å². The SMILES string of the molecule is NC1CCCC(C(=O)N2CCC(OCc3ccccc3)CC2)C1. The van der Waals surface area contributed by atoms with E-state index < -0.39 is 0 Å². The average molecular weight is 316 g/mol. The number of ether oxygens (including phenoxy) is 1. The largest absolute Gasteiger partial charge is 0.373 e. The van der Waals surface area contributed by atoms with Crippen LogP contribution in [-0.2, 0) is 16.1 Å². The van der Waals surface area contributed by atoms with Crippen molar-refractivity contribution in [2.45, 2.75) is 57.3 Å². The van der Waals surface area contributed by atoms with E-state index in [1.807, 2.05) is 23.1 Å². The third kappa shape index (κ3) is 4.55. The van der Waals surface area contributed by atoms with Crippen LogP contribution in [0.25, 0.3) is 0 Å². The average Bonchev–Trinajstić information content (AvgIpc) is 2.61.